The van der Waals surface area contributed by atoms with Crippen LogP contribution in [0.2, 0.25) is 0 Å². The first-order valence-electron chi connectivity index (χ1n) is 8.86. The lowest BCUT2D eigenvalue weighted by molar-refractivity contribution is 0.208. The summed E-state index contributed by atoms with van der Waals surface area (Å²) < 4.78 is 5.10. The number of carbonyl (C=O) groups excluding carboxylic acids is 1. The van der Waals surface area contributed by atoms with Gasteiger partial charge in [-0.25, -0.2) is 9.78 Å². The number of amides is 2. The summed E-state index contributed by atoms with van der Waals surface area (Å²) in [7, 11) is 0. The summed E-state index contributed by atoms with van der Waals surface area (Å²) in [5.74, 6) is 1.21. The minimum absolute atomic E-state index is 0.143. The second kappa shape index (κ2) is 7.40. The van der Waals surface area contributed by atoms with Gasteiger partial charge < -0.3 is 14.3 Å². The van der Waals surface area contributed by atoms with Gasteiger partial charge in [-0.15, -0.1) is 11.3 Å². The van der Waals surface area contributed by atoms with E-state index in [9.17, 15) is 4.79 Å². The fraction of sp³-hybridized carbons (Fsp3) is 0.316. The number of thiazole rings is 1. The van der Waals surface area contributed by atoms with Crippen molar-refractivity contribution >= 4 is 28.3 Å². The van der Waals surface area contributed by atoms with Crippen LogP contribution in [0.25, 0.3) is 11.3 Å². The number of rotatable bonds is 3. The van der Waals surface area contributed by atoms with Gasteiger partial charge in [-0.05, 0) is 13.8 Å². The molecule has 7 nitrogen and oxygen atoms in total. The molecule has 1 saturated heterocycles. The predicted octanol–water partition coefficient (Wildman–Crippen LogP) is 3.77. The second-order valence-electron chi connectivity index (χ2n) is 6.50. The maximum absolute atomic E-state index is 12.5. The molecule has 140 valence electrons. The molecule has 8 heteroatoms. The van der Waals surface area contributed by atoms with E-state index in [4.69, 9.17) is 9.51 Å². The van der Waals surface area contributed by atoms with Gasteiger partial charge in [0.1, 0.15) is 5.76 Å². The predicted molar refractivity (Wildman–Crippen MR) is 106 cm³/mol. The van der Waals surface area contributed by atoms with Gasteiger partial charge in [-0.1, -0.05) is 35.5 Å². The van der Waals surface area contributed by atoms with E-state index in [1.54, 1.807) is 16.2 Å². The van der Waals surface area contributed by atoms with Gasteiger partial charge >= 0.3 is 6.03 Å². The van der Waals surface area contributed by atoms with Crippen LogP contribution >= 0.6 is 11.3 Å². The van der Waals surface area contributed by atoms with Crippen molar-refractivity contribution in [3.8, 4) is 11.3 Å². The summed E-state index contributed by atoms with van der Waals surface area (Å²) in [4.78, 5) is 21.2. The van der Waals surface area contributed by atoms with Crippen molar-refractivity contribution in [2.75, 3.05) is 36.4 Å². The Morgan fingerprint density at radius 1 is 1.15 bits per heavy atom. The number of anilines is 2. The molecule has 0 saturated carbocycles. The third-order valence-electron chi connectivity index (χ3n) is 4.78. The molecular weight excluding hydrogens is 362 g/mol. The van der Waals surface area contributed by atoms with E-state index in [2.05, 4.69) is 32.9 Å². The van der Waals surface area contributed by atoms with Crippen molar-refractivity contribution in [3.05, 3.63) is 47.0 Å². The van der Waals surface area contributed by atoms with Crippen LogP contribution in [0.5, 0.6) is 0 Å². The van der Waals surface area contributed by atoms with Crippen LogP contribution in [-0.2, 0) is 0 Å². The maximum Gasteiger partial charge on any atom is 0.323 e. The summed E-state index contributed by atoms with van der Waals surface area (Å²) in [5.41, 5.74) is 2.97. The molecule has 2 aromatic heterocycles. The highest BCUT2D eigenvalue weighted by Gasteiger charge is 2.24. The Morgan fingerprint density at radius 2 is 1.89 bits per heavy atom. The van der Waals surface area contributed by atoms with Gasteiger partial charge in [0.15, 0.2) is 10.9 Å². The van der Waals surface area contributed by atoms with E-state index in [1.807, 2.05) is 32.0 Å². The monoisotopic (exact) mass is 383 g/mol. The largest absolute Gasteiger partial charge is 0.359 e. The van der Waals surface area contributed by atoms with E-state index in [-0.39, 0.29) is 6.03 Å². The molecule has 1 aromatic carbocycles. The Labute approximate surface area is 161 Å². The Balaban J connectivity index is 1.36. The lowest BCUT2D eigenvalue weighted by atomic mass is 10.2. The number of hydrogen-bond acceptors (Lipinski definition) is 6. The molecule has 0 bridgehead atoms. The van der Waals surface area contributed by atoms with Gasteiger partial charge in [-0.3, -0.25) is 5.32 Å². The lowest BCUT2D eigenvalue weighted by Gasteiger charge is -2.34. The number of aromatic nitrogens is 2. The second-order valence-corrected chi connectivity index (χ2v) is 7.33. The average molecular weight is 383 g/mol. The van der Waals surface area contributed by atoms with Crippen molar-refractivity contribution in [1.29, 1.82) is 0 Å². The number of urea groups is 1. The highest BCUT2D eigenvalue weighted by molar-refractivity contribution is 7.14. The van der Waals surface area contributed by atoms with Crippen LogP contribution in [0.15, 0.2) is 40.2 Å². The molecule has 2 amide bonds. The standard InChI is InChI=1S/C19H21N5O2S/c1-13-14(2)26-22-17(13)21-18(25)23-8-10-24(11-9-23)19-20-16(12-27-19)15-6-4-3-5-7-15/h3-7,12H,8-11H2,1-2H3,(H,21,22,25). The zero-order chi connectivity index (χ0) is 18.8. The Hall–Kier alpha value is -2.87. The Bertz CT molecular complexity index is 929. The molecule has 0 radical (unpaired) electrons. The number of carbonyl (C=O) groups is 1. The summed E-state index contributed by atoms with van der Waals surface area (Å²) in [5, 5.41) is 9.80. The fourth-order valence-corrected chi connectivity index (χ4v) is 3.86. The van der Waals surface area contributed by atoms with E-state index >= 15 is 0 Å². The first-order chi connectivity index (χ1) is 13.1. The minimum Gasteiger partial charge on any atom is -0.359 e. The van der Waals surface area contributed by atoms with Crippen LogP contribution in [0.1, 0.15) is 11.3 Å². The first-order valence-corrected chi connectivity index (χ1v) is 9.74. The molecule has 3 heterocycles. The van der Waals surface area contributed by atoms with Crippen molar-refractivity contribution in [2.45, 2.75) is 13.8 Å². The van der Waals surface area contributed by atoms with Crippen LogP contribution in [0.3, 0.4) is 0 Å². The quantitative estimate of drug-likeness (QED) is 0.745. The zero-order valence-electron chi connectivity index (χ0n) is 15.3. The molecule has 0 unspecified atom stereocenters. The van der Waals surface area contributed by atoms with Crippen LogP contribution in [0, 0.1) is 13.8 Å². The van der Waals surface area contributed by atoms with Gasteiger partial charge in [0, 0.05) is 42.7 Å². The number of nitrogens with zero attached hydrogens (tertiary/aromatic N) is 4. The molecule has 1 fully saturated rings. The molecular formula is C19H21N5O2S. The fourth-order valence-electron chi connectivity index (χ4n) is 2.97. The topological polar surface area (TPSA) is 74.5 Å². The number of benzene rings is 1. The highest BCUT2D eigenvalue weighted by atomic mass is 32.1. The molecule has 1 aliphatic heterocycles. The van der Waals surface area contributed by atoms with Crippen LogP contribution in [0.4, 0.5) is 15.7 Å². The lowest BCUT2D eigenvalue weighted by Crippen LogP contribution is -2.50. The van der Waals surface area contributed by atoms with Crippen LogP contribution in [-0.4, -0.2) is 47.3 Å². The van der Waals surface area contributed by atoms with Gasteiger partial charge in [-0.2, -0.15) is 0 Å². The van der Waals surface area contributed by atoms with E-state index in [0.29, 0.717) is 24.7 Å². The Morgan fingerprint density at radius 3 is 2.56 bits per heavy atom. The summed E-state index contributed by atoms with van der Waals surface area (Å²) in [6, 6.07) is 10.0. The third-order valence-corrected chi connectivity index (χ3v) is 5.68. The van der Waals surface area contributed by atoms with E-state index < -0.39 is 0 Å². The van der Waals surface area contributed by atoms with Crippen molar-refractivity contribution < 1.29 is 9.32 Å². The number of aryl methyl sites for hydroxylation is 1. The van der Waals surface area contributed by atoms with Crippen LogP contribution < -0.4 is 10.2 Å². The van der Waals surface area contributed by atoms with Crippen molar-refractivity contribution in [1.82, 2.24) is 15.0 Å². The van der Waals surface area contributed by atoms with Gasteiger partial charge in [0.05, 0.1) is 5.69 Å². The zero-order valence-corrected chi connectivity index (χ0v) is 16.1. The normalized spacial score (nSPS) is 14.4. The van der Waals surface area contributed by atoms with Gasteiger partial charge in [0.2, 0.25) is 0 Å². The molecule has 27 heavy (non-hydrogen) atoms. The Kier molecular flexibility index (Phi) is 4.81. The molecule has 3 aromatic rings. The summed E-state index contributed by atoms with van der Waals surface area (Å²) in [6.07, 6.45) is 0. The smallest absolute Gasteiger partial charge is 0.323 e. The number of hydrogen-bond donors (Lipinski definition) is 1. The van der Waals surface area contributed by atoms with E-state index in [0.717, 1.165) is 35.0 Å². The van der Waals surface area contributed by atoms with Crippen molar-refractivity contribution in [3.63, 3.8) is 0 Å². The minimum atomic E-state index is -0.143. The summed E-state index contributed by atoms with van der Waals surface area (Å²) in [6.45, 7) is 6.50. The molecule has 0 atom stereocenters. The van der Waals surface area contributed by atoms with Crippen molar-refractivity contribution in [2.24, 2.45) is 0 Å². The summed E-state index contributed by atoms with van der Waals surface area (Å²) >= 11 is 1.64. The SMILES string of the molecule is Cc1onc(NC(=O)N2CCN(c3nc(-c4ccccc4)cs3)CC2)c1C. The molecule has 0 spiro atoms. The number of piperazine rings is 1. The molecule has 1 aliphatic rings. The maximum atomic E-state index is 12.5. The van der Waals surface area contributed by atoms with E-state index in [1.165, 1.54) is 0 Å². The molecule has 4 rings (SSSR count). The first kappa shape index (κ1) is 17.5. The third kappa shape index (κ3) is 3.66. The number of nitrogens with one attached hydrogen (secondary N) is 1. The molecule has 1 N–H and O–H groups in total. The van der Waals surface area contributed by atoms with Gasteiger partial charge in [0.25, 0.3) is 0 Å². The highest BCUT2D eigenvalue weighted by Crippen LogP contribution is 2.28. The molecule has 0 aliphatic carbocycles. The average Bonchev–Trinajstić information content (AvgIpc) is 3.32.